The number of allylic oxidation sites excluding steroid dienone is 1. The van der Waals surface area contributed by atoms with Crippen molar-refractivity contribution < 1.29 is 24.5 Å². The first-order valence-corrected chi connectivity index (χ1v) is 13.3. The average Bonchev–Trinajstić information content (AvgIpc) is 2.88. The number of carbonyl (C=O) groups is 2. The Balaban J connectivity index is 0. The number of ether oxygens (including phenoxy) is 1. The van der Waals surface area contributed by atoms with Gasteiger partial charge in [0, 0.05) is 0 Å². The summed E-state index contributed by atoms with van der Waals surface area (Å²) in [6.07, 6.45) is 8.18. The lowest BCUT2D eigenvalue weighted by Crippen LogP contribution is -2.08. The van der Waals surface area contributed by atoms with Gasteiger partial charge in [-0.3, -0.25) is 9.59 Å². The van der Waals surface area contributed by atoms with E-state index in [1.165, 1.54) is 53.5 Å². The topological polar surface area (TPSA) is 83.8 Å². The number of unbranched alkanes of at least 4 members (excludes halogenated alkanes) is 2. The highest BCUT2D eigenvalue weighted by Gasteiger charge is 2.04. The third-order valence-electron chi connectivity index (χ3n) is 5.12. The van der Waals surface area contributed by atoms with Gasteiger partial charge in [-0.1, -0.05) is 92.9 Å². The maximum absolute atomic E-state index is 10.3. The van der Waals surface area contributed by atoms with Gasteiger partial charge in [0.05, 0.1) is 13.2 Å². The largest absolute Gasteiger partial charge is 0.483 e. The molecule has 0 amide bonds. The molecule has 0 aromatic heterocycles. The molecule has 2 N–H and O–H groups in total. The Hall–Kier alpha value is -3.18. The van der Waals surface area contributed by atoms with Crippen LogP contribution in [0.2, 0.25) is 0 Å². The minimum Gasteiger partial charge on any atom is -0.483 e. The van der Waals surface area contributed by atoms with E-state index in [9.17, 15) is 4.79 Å². The molecule has 0 aliphatic rings. The van der Waals surface area contributed by atoms with Crippen molar-refractivity contribution in [2.24, 2.45) is 5.92 Å². The Morgan fingerprint density at radius 2 is 1.21 bits per heavy atom. The minimum absolute atomic E-state index is 0.111. The number of hydrogen-bond donors (Lipinski definition) is 2. The van der Waals surface area contributed by atoms with Crippen LogP contribution in [0, 0.1) is 5.92 Å². The summed E-state index contributed by atoms with van der Waals surface area (Å²) in [5.74, 6) is 0.349. The fraction of sp³-hybridized carbons (Fsp3) is 0.455. The second kappa shape index (κ2) is 25.5. The van der Waals surface area contributed by atoms with Crippen LogP contribution in [0.3, 0.4) is 0 Å². The summed E-state index contributed by atoms with van der Waals surface area (Å²) >= 11 is 0. The molecule has 2 aromatic rings. The molecular weight excluding hydrogens is 476 g/mol. The molecule has 212 valence electrons. The van der Waals surface area contributed by atoms with Gasteiger partial charge in [0.15, 0.2) is 0 Å². The van der Waals surface area contributed by atoms with Crippen LogP contribution in [0.25, 0.3) is 0 Å². The van der Waals surface area contributed by atoms with Crippen LogP contribution in [-0.4, -0.2) is 36.4 Å². The van der Waals surface area contributed by atoms with Crippen LogP contribution < -0.4 is 0 Å². The van der Waals surface area contributed by atoms with E-state index < -0.39 is 0 Å². The Morgan fingerprint density at radius 1 is 0.842 bits per heavy atom. The van der Waals surface area contributed by atoms with Gasteiger partial charge in [0.1, 0.15) is 0 Å². The summed E-state index contributed by atoms with van der Waals surface area (Å²) in [7, 11) is 0. The Kier molecular flexibility index (Phi) is 24.8. The highest BCUT2D eigenvalue weighted by molar-refractivity contribution is 5.36. The fourth-order valence-corrected chi connectivity index (χ4v) is 3.25. The molecule has 1 unspecified atom stereocenters. The normalized spacial score (nSPS) is 10.2. The molecule has 0 fully saturated rings. The Morgan fingerprint density at radius 3 is 1.55 bits per heavy atom. The zero-order valence-corrected chi connectivity index (χ0v) is 24.2. The predicted octanol–water partition coefficient (Wildman–Crippen LogP) is 7.39. The van der Waals surface area contributed by atoms with E-state index in [1.807, 2.05) is 13.8 Å². The van der Waals surface area contributed by atoms with Crippen molar-refractivity contribution in [3.8, 4) is 0 Å². The Bertz CT molecular complexity index is 865. The fourth-order valence-electron chi connectivity index (χ4n) is 3.25. The molecule has 0 bridgehead atoms. The van der Waals surface area contributed by atoms with Crippen LogP contribution in [0.5, 0.6) is 0 Å². The summed E-state index contributed by atoms with van der Waals surface area (Å²) in [6, 6.07) is 18.0. The number of aliphatic hydroxyl groups excluding tert-OH is 1. The van der Waals surface area contributed by atoms with Gasteiger partial charge in [-0.2, -0.15) is 0 Å². The predicted molar refractivity (Wildman–Crippen MR) is 159 cm³/mol. The maximum atomic E-state index is 10.3. The van der Waals surface area contributed by atoms with E-state index in [0.717, 1.165) is 24.8 Å². The summed E-state index contributed by atoms with van der Waals surface area (Å²) in [5.41, 5.74) is 7.52. The molecule has 0 saturated heterocycles. The van der Waals surface area contributed by atoms with Crippen molar-refractivity contribution in [1.29, 1.82) is 0 Å². The van der Waals surface area contributed by atoms with Crippen LogP contribution in [0.4, 0.5) is 0 Å². The van der Waals surface area contributed by atoms with Gasteiger partial charge < -0.3 is 14.9 Å². The molecule has 2 aromatic carbocycles. The second-order valence-corrected chi connectivity index (χ2v) is 9.76. The smallest absolute Gasteiger partial charge is 0.293 e. The quantitative estimate of drug-likeness (QED) is 0.161. The maximum Gasteiger partial charge on any atom is 0.293 e. The molecule has 1 atom stereocenters. The number of aryl methyl sites for hydroxylation is 3. The van der Waals surface area contributed by atoms with Gasteiger partial charge >= 0.3 is 0 Å². The van der Waals surface area contributed by atoms with Crippen LogP contribution in [0.15, 0.2) is 72.8 Å². The number of carbonyl (C=O) groups excluding carboxylic acids is 1. The summed E-state index contributed by atoms with van der Waals surface area (Å²) in [6.45, 7) is 17.9. The lowest BCUT2D eigenvalue weighted by atomic mass is 9.98. The lowest BCUT2D eigenvalue weighted by molar-refractivity contribution is -0.129. The highest BCUT2D eigenvalue weighted by atomic mass is 16.5. The number of aliphatic hydroxyl groups is 1. The number of rotatable bonds is 13. The molecule has 0 radical (unpaired) electrons. The molecule has 0 saturated carbocycles. The van der Waals surface area contributed by atoms with Gasteiger partial charge in [-0.15, -0.1) is 6.58 Å². The standard InChI is InChI=1S/C24H32O2.C4H8O.C4H8.CH2O2/c1-3-4-5-6-21-7-9-22(10-8-21)11-12-23-13-15-24(16-14-23)17-20(2)18-26-19-25;1-4(2)3-5;1-4(2)3;2-1-3/h7-10,13-16,19-20H,3-6,11-12,17-18H2,1-2H3;5H,1,3H2,2H3;1H2,2-3H3;1H,(H,2,3). The van der Waals surface area contributed by atoms with E-state index >= 15 is 0 Å². The first-order chi connectivity index (χ1) is 18.1. The van der Waals surface area contributed by atoms with Crippen LogP contribution in [0.1, 0.15) is 76.1 Å². The van der Waals surface area contributed by atoms with Gasteiger partial charge in [-0.25, -0.2) is 0 Å². The number of benzene rings is 2. The molecule has 0 aliphatic heterocycles. The van der Waals surface area contributed by atoms with Crippen molar-refractivity contribution in [3.63, 3.8) is 0 Å². The molecule has 0 spiro atoms. The molecule has 5 heteroatoms. The van der Waals surface area contributed by atoms with E-state index in [-0.39, 0.29) is 13.1 Å². The van der Waals surface area contributed by atoms with Crippen molar-refractivity contribution >= 4 is 12.9 Å². The van der Waals surface area contributed by atoms with Crippen molar-refractivity contribution in [2.75, 3.05) is 13.2 Å². The number of hydrogen-bond acceptors (Lipinski definition) is 4. The highest BCUT2D eigenvalue weighted by Crippen LogP contribution is 2.14. The van der Waals surface area contributed by atoms with Crippen LogP contribution >= 0.6 is 0 Å². The molecule has 2 rings (SSSR count). The van der Waals surface area contributed by atoms with Crippen LogP contribution in [-0.2, 0) is 40.0 Å². The molecule has 0 heterocycles. The first-order valence-electron chi connectivity index (χ1n) is 13.3. The zero-order valence-electron chi connectivity index (χ0n) is 24.2. The lowest BCUT2D eigenvalue weighted by Gasteiger charge is -2.10. The van der Waals surface area contributed by atoms with Crippen molar-refractivity contribution in [3.05, 3.63) is 95.1 Å². The first kappa shape index (κ1) is 37.0. The van der Waals surface area contributed by atoms with Gasteiger partial charge in [-0.05, 0) is 81.0 Å². The van der Waals surface area contributed by atoms with E-state index in [4.69, 9.17) is 19.7 Å². The third-order valence-corrected chi connectivity index (χ3v) is 5.12. The molecule has 5 nitrogen and oxygen atoms in total. The van der Waals surface area contributed by atoms with E-state index in [2.05, 4.69) is 75.5 Å². The van der Waals surface area contributed by atoms with Crippen molar-refractivity contribution in [2.45, 2.75) is 79.6 Å². The SMILES string of the molecule is C=C(C)C.C=C(C)CO.CCCCCc1ccc(CCc2ccc(CC(C)COC=O)cc2)cc1.O=CO. The molecular formula is C33H50O5. The average molecular weight is 527 g/mol. The molecule has 0 aliphatic carbocycles. The van der Waals surface area contributed by atoms with E-state index in [1.54, 1.807) is 6.92 Å². The molecule has 38 heavy (non-hydrogen) atoms. The second-order valence-electron chi connectivity index (χ2n) is 9.76. The summed E-state index contributed by atoms with van der Waals surface area (Å²) in [4.78, 5) is 18.6. The monoisotopic (exact) mass is 526 g/mol. The van der Waals surface area contributed by atoms with Gasteiger partial charge in [0.2, 0.25) is 0 Å². The zero-order chi connectivity index (χ0) is 29.2. The summed E-state index contributed by atoms with van der Waals surface area (Å²) < 4.78 is 4.83. The summed E-state index contributed by atoms with van der Waals surface area (Å²) in [5, 5.41) is 14.9. The van der Waals surface area contributed by atoms with Crippen molar-refractivity contribution in [1.82, 2.24) is 0 Å². The van der Waals surface area contributed by atoms with E-state index in [0.29, 0.717) is 19.0 Å². The number of carboxylic acid groups (broad SMARTS) is 1. The third kappa shape index (κ3) is 24.5. The van der Waals surface area contributed by atoms with Gasteiger partial charge in [0.25, 0.3) is 12.9 Å². The minimum atomic E-state index is -0.250. The Labute approximate surface area is 231 Å².